The number of hydrogen-bond donors (Lipinski definition) is 5. The maximum Gasteiger partial charge on any atom is 0.411 e. The molecule has 0 bridgehead atoms. The Morgan fingerprint density at radius 3 is 2.57 bits per heavy atom. The number of nitrogens with zero attached hydrogens (tertiary/aromatic N) is 4. The van der Waals surface area contributed by atoms with Gasteiger partial charge < -0.3 is 30.2 Å². The average molecular weight is 714 g/mol. The summed E-state index contributed by atoms with van der Waals surface area (Å²) < 4.78 is 7.87. The first kappa shape index (κ1) is 34.5. The summed E-state index contributed by atoms with van der Waals surface area (Å²) in [6.07, 6.45) is 1.47. The largest absolute Gasteiger partial charge is 0.506 e. The first-order valence-corrected chi connectivity index (χ1v) is 18.3. The molecule has 12 nitrogen and oxygen atoms in total. The van der Waals surface area contributed by atoms with Gasteiger partial charge >= 0.3 is 6.09 Å². The number of hydrogen-bond acceptors (Lipinski definition) is 9. The van der Waals surface area contributed by atoms with Crippen LogP contribution in [0.1, 0.15) is 36.5 Å². The molecule has 53 heavy (non-hydrogen) atoms. The van der Waals surface area contributed by atoms with E-state index < -0.39 is 12.2 Å². The number of para-hydroxylation sites is 1. The minimum absolute atomic E-state index is 0.0353. The molecule has 0 spiro atoms. The molecule has 4 aromatic carbocycles. The van der Waals surface area contributed by atoms with Gasteiger partial charge in [0, 0.05) is 49.7 Å². The summed E-state index contributed by atoms with van der Waals surface area (Å²) in [7, 11) is 0. The number of pyridine rings is 1. The number of aromatic nitrogens is 4. The Morgan fingerprint density at radius 1 is 0.943 bits per heavy atom. The zero-order valence-corrected chi connectivity index (χ0v) is 29.3. The Kier molecular flexibility index (Phi) is 9.90. The molecular weight excluding hydrogens is 670 g/mol. The van der Waals surface area contributed by atoms with Crippen LogP contribution in [0.3, 0.4) is 0 Å². The lowest BCUT2D eigenvalue weighted by Crippen LogP contribution is -2.27. The van der Waals surface area contributed by atoms with E-state index in [0.717, 1.165) is 78.9 Å². The molecule has 1 saturated heterocycles. The number of amides is 1. The van der Waals surface area contributed by atoms with Crippen molar-refractivity contribution in [3.63, 3.8) is 0 Å². The van der Waals surface area contributed by atoms with Crippen molar-refractivity contribution in [3.05, 3.63) is 119 Å². The molecule has 12 heteroatoms. The lowest BCUT2D eigenvalue weighted by atomic mass is 10.0. The number of phenolic OH excluding ortho intramolecular Hbond substituents is 1. The van der Waals surface area contributed by atoms with E-state index in [-0.39, 0.29) is 24.0 Å². The van der Waals surface area contributed by atoms with Crippen LogP contribution in [-0.2, 0) is 17.8 Å². The van der Waals surface area contributed by atoms with E-state index in [1.807, 2.05) is 77.5 Å². The van der Waals surface area contributed by atoms with Crippen LogP contribution < -0.4 is 16.2 Å². The summed E-state index contributed by atoms with van der Waals surface area (Å²) in [5.74, 6) is 1.04. The summed E-state index contributed by atoms with van der Waals surface area (Å²) in [4.78, 5) is 29.8. The molecule has 2 aromatic heterocycles. The van der Waals surface area contributed by atoms with E-state index in [1.165, 1.54) is 12.1 Å². The molecule has 4 atom stereocenters. The summed E-state index contributed by atoms with van der Waals surface area (Å²) in [6, 6.07) is 30.1. The van der Waals surface area contributed by atoms with E-state index in [0.29, 0.717) is 34.8 Å². The van der Waals surface area contributed by atoms with Crippen LogP contribution in [0.5, 0.6) is 5.75 Å². The van der Waals surface area contributed by atoms with Crippen molar-refractivity contribution in [1.29, 1.82) is 0 Å². The predicted molar refractivity (Wildman–Crippen MR) is 203 cm³/mol. The number of benzene rings is 4. The number of aliphatic hydroxyl groups excluding tert-OH is 1. The van der Waals surface area contributed by atoms with E-state index in [2.05, 4.69) is 30.8 Å². The summed E-state index contributed by atoms with van der Waals surface area (Å²) >= 11 is 0. The SMILES string of the molecule is O=C(Nc1ccccc1-c1ccccc1)O[C@H]1C[C@@H]2CN(CCCn3nnc4cc(CNC[C@H](O)c5ccc(O)c6[nH]c(=O)ccc56)ccc43)C[C@@H]2C1. The number of likely N-dealkylation sites (tertiary alicyclic amines) is 1. The van der Waals surface area contributed by atoms with Gasteiger partial charge in [-0.25, -0.2) is 9.48 Å². The number of ether oxygens (including phenoxy) is 1. The van der Waals surface area contributed by atoms with Crippen molar-refractivity contribution in [1.82, 2.24) is 30.2 Å². The smallest absolute Gasteiger partial charge is 0.411 e. The molecule has 5 N–H and O–H groups in total. The number of rotatable bonds is 12. The summed E-state index contributed by atoms with van der Waals surface area (Å²) in [5, 5.41) is 36.7. The number of fused-ring (bicyclic) bond motifs is 3. The number of aliphatic hydroxyl groups is 1. The Hall–Kier alpha value is -5.56. The van der Waals surface area contributed by atoms with E-state index >= 15 is 0 Å². The van der Waals surface area contributed by atoms with Crippen LogP contribution >= 0.6 is 0 Å². The number of aromatic hydroxyl groups is 1. The van der Waals surface area contributed by atoms with Gasteiger partial charge in [0.2, 0.25) is 5.56 Å². The first-order valence-electron chi connectivity index (χ1n) is 18.3. The Bertz CT molecular complexity index is 2280. The molecule has 1 amide bonds. The minimum atomic E-state index is -0.834. The molecule has 1 aliphatic heterocycles. The fourth-order valence-corrected chi connectivity index (χ4v) is 8.12. The van der Waals surface area contributed by atoms with Crippen LogP contribution in [0.15, 0.2) is 102 Å². The second-order valence-corrected chi connectivity index (χ2v) is 14.2. The van der Waals surface area contributed by atoms with Gasteiger partial charge in [-0.3, -0.25) is 10.1 Å². The standard InChI is InChI=1S/C41H43N7O5/c49-37-15-12-32(33-13-16-39(51)44-40(33)37)38(50)23-42-22-26-11-14-36-35(19-26)45-46-48(36)18-6-17-47-24-28-20-30(21-29(28)25-47)53-41(52)43-34-10-5-4-9-31(34)27-7-2-1-3-8-27/h1-5,7-16,19,28-30,38,42,49-50H,6,17-18,20-25H2,(H,43,52)(H,44,51)/t28-,29+,30+,38-/m0/s1. The maximum absolute atomic E-state index is 12.9. The van der Waals surface area contributed by atoms with Gasteiger partial charge in [-0.15, -0.1) is 5.10 Å². The monoisotopic (exact) mass is 713 g/mol. The maximum atomic E-state index is 12.9. The van der Waals surface area contributed by atoms with Crippen LogP contribution in [-0.4, -0.2) is 73.5 Å². The fraction of sp³-hybridized carbons (Fsp3) is 0.317. The van der Waals surface area contributed by atoms with Gasteiger partial charge in [0.1, 0.15) is 17.4 Å². The number of carbonyl (C=O) groups excluding carboxylic acids is 1. The molecule has 2 fully saturated rings. The van der Waals surface area contributed by atoms with Crippen molar-refractivity contribution >= 4 is 33.7 Å². The molecule has 272 valence electrons. The normalized spacial score (nSPS) is 19.1. The third-order valence-electron chi connectivity index (χ3n) is 10.7. The summed E-state index contributed by atoms with van der Waals surface area (Å²) in [6.45, 7) is 4.61. The average Bonchev–Trinajstić information content (AvgIpc) is 3.85. The topological polar surface area (TPSA) is 158 Å². The molecule has 0 radical (unpaired) electrons. The highest BCUT2D eigenvalue weighted by atomic mass is 16.6. The molecule has 3 heterocycles. The van der Waals surface area contributed by atoms with Crippen LogP contribution in [0, 0.1) is 11.8 Å². The second kappa shape index (κ2) is 15.2. The Morgan fingerprint density at radius 2 is 1.74 bits per heavy atom. The van der Waals surface area contributed by atoms with Crippen LogP contribution in [0.2, 0.25) is 0 Å². The second-order valence-electron chi connectivity index (χ2n) is 14.2. The van der Waals surface area contributed by atoms with Gasteiger partial charge in [0.15, 0.2) is 0 Å². The zero-order valence-electron chi connectivity index (χ0n) is 29.3. The Labute approximate surface area is 306 Å². The lowest BCUT2D eigenvalue weighted by Gasteiger charge is -2.19. The quantitative estimate of drug-likeness (QED) is 0.105. The summed E-state index contributed by atoms with van der Waals surface area (Å²) in [5.41, 5.74) is 6.23. The number of aromatic amines is 1. The molecule has 6 aromatic rings. The molecule has 0 unspecified atom stereocenters. The third kappa shape index (κ3) is 7.66. The lowest BCUT2D eigenvalue weighted by molar-refractivity contribution is 0.106. The number of carbonyl (C=O) groups is 1. The van der Waals surface area contributed by atoms with Crippen molar-refractivity contribution in [2.24, 2.45) is 11.8 Å². The van der Waals surface area contributed by atoms with Gasteiger partial charge in [0.25, 0.3) is 0 Å². The van der Waals surface area contributed by atoms with Crippen molar-refractivity contribution in [2.45, 2.75) is 44.6 Å². The number of phenols is 1. The number of H-pyrrole nitrogens is 1. The molecule has 2 aliphatic rings. The predicted octanol–water partition coefficient (Wildman–Crippen LogP) is 5.82. The highest BCUT2D eigenvalue weighted by molar-refractivity contribution is 5.91. The Balaban J connectivity index is 0.773. The molecule has 1 aliphatic carbocycles. The fourth-order valence-electron chi connectivity index (χ4n) is 8.12. The van der Waals surface area contributed by atoms with Crippen LogP contribution in [0.25, 0.3) is 33.1 Å². The highest BCUT2D eigenvalue weighted by Gasteiger charge is 2.42. The number of nitrogens with one attached hydrogen (secondary N) is 3. The number of anilines is 1. The first-order chi connectivity index (χ1) is 25.9. The van der Waals surface area contributed by atoms with Crippen LogP contribution in [0.4, 0.5) is 10.5 Å². The third-order valence-corrected chi connectivity index (χ3v) is 10.7. The molecule has 1 saturated carbocycles. The van der Waals surface area contributed by atoms with Gasteiger partial charge in [-0.05, 0) is 84.7 Å². The van der Waals surface area contributed by atoms with E-state index in [4.69, 9.17) is 4.74 Å². The van der Waals surface area contributed by atoms with E-state index in [9.17, 15) is 19.8 Å². The zero-order chi connectivity index (χ0) is 36.3. The number of aryl methyl sites for hydroxylation is 1. The minimum Gasteiger partial charge on any atom is -0.506 e. The van der Waals surface area contributed by atoms with Gasteiger partial charge in [0.05, 0.1) is 22.8 Å². The van der Waals surface area contributed by atoms with E-state index in [1.54, 1.807) is 12.1 Å². The van der Waals surface area contributed by atoms with Crippen molar-refractivity contribution < 1.29 is 19.7 Å². The van der Waals surface area contributed by atoms with Crippen molar-refractivity contribution in [2.75, 3.05) is 31.5 Å². The van der Waals surface area contributed by atoms with Crippen molar-refractivity contribution in [3.8, 4) is 16.9 Å². The van der Waals surface area contributed by atoms with Gasteiger partial charge in [-0.2, -0.15) is 0 Å². The highest BCUT2D eigenvalue weighted by Crippen LogP contribution is 2.40. The molecular formula is C41H43N7O5. The van der Waals surface area contributed by atoms with Gasteiger partial charge in [-0.1, -0.05) is 65.9 Å². The molecule has 8 rings (SSSR count).